The largest absolute Gasteiger partial charge is 0.466 e. The molecule has 1 amide bonds. The number of ether oxygens (including phenoxy) is 2. The number of hydrogen-bond acceptors (Lipinski definition) is 5. The molecule has 4 fully saturated rings. The summed E-state index contributed by atoms with van der Waals surface area (Å²) in [4.78, 5) is 28.9. The number of piperidine rings is 3. The highest BCUT2D eigenvalue weighted by Crippen LogP contribution is 2.53. The van der Waals surface area contributed by atoms with Crippen LogP contribution in [0.25, 0.3) is 0 Å². The molecule has 3 unspecified atom stereocenters. The van der Waals surface area contributed by atoms with Crippen molar-refractivity contribution in [3.8, 4) is 0 Å². The monoisotopic (exact) mass is 350 g/mol. The zero-order valence-corrected chi connectivity index (χ0v) is 15.4. The van der Waals surface area contributed by atoms with Crippen molar-refractivity contribution in [3.05, 3.63) is 0 Å². The smallest absolute Gasteiger partial charge is 0.410 e. The van der Waals surface area contributed by atoms with Crippen LogP contribution in [0.1, 0.15) is 46.0 Å². The summed E-state index contributed by atoms with van der Waals surface area (Å²) in [6.45, 7) is 6.72. The fourth-order valence-electron chi connectivity index (χ4n) is 5.59. The van der Waals surface area contributed by atoms with Gasteiger partial charge < -0.3 is 14.4 Å². The van der Waals surface area contributed by atoms with Crippen LogP contribution in [0, 0.1) is 17.8 Å². The molecule has 2 bridgehead atoms. The third-order valence-corrected chi connectivity index (χ3v) is 6.73. The molecule has 5 atom stereocenters. The molecule has 0 radical (unpaired) electrons. The van der Waals surface area contributed by atoms with Crippen molar-refractivity contribution >= 4 is 12.1 Å². The van der Waals surface area contributed by atoms with Crippen molar-refractivity contribution in [3.63, 3.8) is 0 Å². The van der Waals surface area contributed by atoms with Crippen molar-refractivity contribution in [2.45, 2.75) is 64.1 Å². The molecular weight excluding hydrogens is 320 g/mol. The lowest BCUT2D eigenvalue weighted by atomic mass is 9.81. The summed E-state index contributed by atoms with van der Waals surface area (Å²) in [6.07, 6.45) is 5.39. The molecule has 4 aliphatic rings. The number of likely N-dealkylation sites (tertiary alicyclic amines) is 1. The molecule has 140 valence electrons. The second-order valence-corrected chi connectivity index (χ2v) is 8.03. The summed E-state index contributed by atoms with van der Waals surface area (Å²) < 4.78 is 10.5. The van der Waals surface area contributed by atoms with Crippen LogP contribution in [-0.2, 0) is 14.3 Å². The first-order valence-corrected chi connectivity index (χ1v) is 9.99. The van der Waals surface area contributed by atoms with Crippen molar-refractivity contribution in [1.29, 1.82) is 0 Å². The third kappa shape index (κ3) is 3.03. The molecule has 3 saturated heterocycles. The van der Waals surface area contributed by atoms with Crippen LogP contribution in [0.4, 0.5) is 4.79 Å². The fourth-order valence-corrected chi connectivity index (χ4v) is 5.59. The molecular formula is C19H30N2O4. The number of carbonyl (C=O) groups excluding carboxylic acids is 2. The first-order valence-electron chi connectivity index (χ1n) is 9.99. The first kappa shape index (κ1) is 17.1. The van der Waals surface area contributed by atoms with Crippen molar-refractivity contribution in [2.24, 2.45) is 17.8 Å². The Balaban J connectivity index is 1.35. The standard InChI is InChI=1S/C19H30N2O4/c1-3-24-18(22)17-15-10-20(11-16(15)17)14-8-12-6-5-7-13(9-14)21(12)19(23)25-4-2/h12-17H,3-11H2,1-2H3/t12?,13?,14?,15-,16+,17?. The molecule has 0 aromatic rings. The number of nitrogens with zero attached hydrogens (tertiary/aromatic N) is 2. The SMILES string of the molecule is CCOC(=O)C1[C@H]2CN(C3CC4CCCC(C3)N4C(=O)OCC)C[C@@H]12. The van der Waals surface area contributed by atoms with E-state index in [0.29, 0.717) is 43.2 Å². The summed E-state index contributed by atoms with van der Waals surface area (Å²) in [5.41, 5.74) is 0. The maximum atomic E-state index is 12.3. The summed E-state index contributed by atoms with van der Waals surface area (Å²) in [6, 6.07) is 1.21. The number of fused-ring (bicyclic) bond motifs is 3. The maximum absolute atomic E-state index is 12.3. The van der Waals surface area contributed by atoms with E-state index in [1.807, 2.05) is 18.7 Å². The number of hydrogen-bond donors (Lipinski definition) is 0. The van der Waals surface area contributed by atoms with E-state index in [-0.39, 0.29) is 18.0 Å². The zero-order chi connectivity index (χ0) is 17.6. The van der Waals surface area contributed by atoms with Gasteiger partial charge in [0.1, 0.15) is 0 Å². The van der Waals surface area contributed by atoms with Crippen LogP contribution in [0.15, 0.2) is 0 Å². The quantitative estimate of drug-likeness (QED) is 0.728. The van der Waals surface area contributed by atoms with E-state index in [2.05, 4.69) is 4.90 Å². The van der Waals surface area contributed by atoms with Gasteiger partial charge in [0, 0.05) is 31.2 Å². The molecule has 1 saturated carbocycles. The van der Waals surface area contributed by atoms with E-state index < -0.39 is 0 Å². The molecule has 4 rings (SSSR count). The van der Waals surface area contributed by atoms with Gasteiger partial charge in [-0.2, -0.15) is 0 Å². The minimum atomic E-state index is -0.123. The van der Waals surface area contributed by atoms with Crippen LogP contribution in [0.3, 0.4) is 0 Å². The van der Waals surface area contributed by atoms with Gasteiger partial charge in [-0.1, -0.05) is 0 Å². The second kappa shape index (κ2) is 6.78. The van der Waals surface area contributed by atoms with Gasteiger partial charge in [-0.3, -0.25) is 9.69 Å². The van der Waals surface area contributed by atoms with E-state index in [9.17, 15) is 9.59 Å². The minimum absolute atomic E-state index is 0.00569. The topological polar surface area (TPSA) is 59.1 Å². The average Bonchev–Trinajstić information content (AvgIpc) is 3.08. The highest BCUT2D eigenvalue weighted by Gasteiger charge is 2.61. The van der Waals surface area contributed by atoms with Crippen LogP contribution in [0.5, 0.6) is 0 Å². The fraction of sp³-hybridized carbons (Fsp3) is 0.895. The first-order chi connectivity index (χ1) is 12.1. The molecule has 0 N–H and O–H groups in total. The predicted molar refractivity (Wildman–Crippen MR) is 92.0 cm³/mol. The summed E-state index contributed by atoms with van der Waals surface area (Å²) in [7, 11) is 0. The van der Waals surface area contributed by atoms with Gasteiger partial charge >= 0.3 is 12.1 Å². The zero-order valence-electron chi connectivity index (χ0n) is 15.4. The van der Waals surface area contributed by atoms with Gasteiger partial charge in [-0.05, 0) is 57.8 Å². The Morgan fingerprint density at radius 2 is 1.52 bits per heavy atom. The third-order valence-electron chi connectivity index (χ3n) is 6.73. The molecule has 25 heavy (non-hydrogen) atoms. The van der Waals surface area contributed by atoms with Gasteiger partial charge in [-0.15, -0.1) is 0 Å². The van der Waals surface area contributed by atoms with Gasteiger partial charge in [0.25, 0.3) is 0 Å². The van der Waals surface area contributed by atoms with Gasteiger partial charge in [-0.25, -0.2) is 4.79 Å². The summed E-state index contributed by atoms with van der Waals surface area (Å²) in [5.74, 6) is 1.16. The van der Waals surface area contributed by atoms with Gasteiger partial charge in [0.15, 0.2) is 0 Å². The maximum Gasteiger partial charge on any atom is 0.410 e. The van der Waals surface area contributed by atoms with Crippen LogP contribution < -0.4 is 0 Å². The van der Waals surface area contributed by atoms with E-state index in [1.165, 1.54) is 6.42 Å². The Morgan fingerprint density at radius 3 is 2.08 bits per heavy atom. The number of amides is 1. The molecule has 3 aliphatic heterocycles. The average molecular weight is 350 g/mol. The van der Waals surface area contributed by atoms with E-state index >= 15 is 0 Å². The van der Waals surface area contributed by atoms with Gasteiger partial charge in [0.2, 0.25) is 0 Å². The Bertz CT molecular complexity index is 514. The molecule has 0 aromatic heterocycles. The molecule has 3 heterocycles. The lowest BCUT2D eigenvalue weighted by molar-refractivity contribution is -0.145. The van der Waals surface area contributed by atoms with Gasteiger partial charge in [0.05, 0.1) is 19.1 Å². The van der Waals surface area contributed by atoms with Crippen LogP contribution >= 0.6 is 0 Å². The van der Waals surface area contributed by atoms with E-state index in [1.54, 1.807) is 0 Å². The molecule has 6 nitrogen and oxygen atoms in total. The molecule has 1 aliphatic carbocycles. The minimum Gasteiger partial charge on any atom is -0.466 e. The van der Waals surface area contributed by atoms with Crippen molar-refractivity contribution in [1.82, 2.24) is 9.80 Å². The Labute approximate surface area is 149 Å². The lowest BCUT2D eigenvalue weighted by Gasteiger charge is -2.50. The molecule has 0 spiro atoms. The summed E-state index contributed by atoms with van der Waals surface area (Å²) in [5, 5.41) is 0. The molecule has 0 aromatic carbocycles. The highest BCUT2D eigenvalue weighted by atomic mass is 16.6. The summed E-state index contributed by atoms with van der Waals surface area (Å²) >= 11 is 0. The van der Waals surface area contributed by atoms with Crippen molar-refractivity contribution in [2.75, 3.05) is 26.3 Å². The Hall–Kier alpha value is -1.30. The number of esters is 1. The normalized spacial score (nSPS) is 39.7. The van der Waals surface area contributed by atoms with Crippen LogP contribution in [-0.4, -0.2) is 66.3 Å². The predicted octanol–water partition coefficient (Wildman–Crippen LogP) is 2.27. The molecule has 6 heteroatoms. The lowest BCUT2D eigenvalue weighted by Crippen LogP contribution is -2.59. The highest BCUT2D eigenvalue weighted by molar-refractivity contribution is 5.77. The van der Waals surface area contributed by atoms with E-state index in [4.69, 9.17) is 9.47 Å². The number of rotatable bonds is 4. The number of carbonyl (C=O) groups is 2. The Kier molecular flexibility index (Phi) is 4.65. The Morgan fingerprint density at radius 1 is 0.920 bits per heavy atom. The van der Waals surface area contributed by atoms with Crippen molar-refractivity contribution < 1.29 is 19.1 Å². The van der Waals surface area contributed by atoms with Crippen LogP contribution in [0.2, 0.25) is 0 Å². The van der Waals surface area contributed by atoms with E-state index in [0.717, 1.165) is 38.8 Å². The second-order valence-electron chi connectivity index (χ2n) is 8.03.